The summed E-state index contributed by atoms with van der Waals surface area (Å²) in [6, 6.07) is 1.15. The minimum absolute atomic E-state index is 0.388. The highest BCUT2D eigenvalue weighted by atomic mass is 16.5. The highest BCUT2D eigenvalue weighted by molar-refractivity contribution is 4.82. The van der Waals surface area contributed by atoms with Gasteiger partial charge in [0, 0.05) is 31.7 Å². The summed E-state index contributed by atoms with van der Waals surface area (Å²) in [6.07, 6.45) is 5.26. The lowest BCUT2D eigenvalue weighted by molar-refractivity contribution is -0.0452. The number of nitrogens with two attached hydrogens (primary N) is 1. The van der Waals surface area contributed by atoms with Crippen LogP contribution in [0.3, 0.4) is 0 Å². The topological polar surface area (TPSA) is 41.7 Å². The summed E-state index contributed by atoms with van der Waals surface area (Å²) in [5, 5.41) is 0. The largest absolute Gasteiger partial charge is 0.374 e. The molecule has 2 fully saturated rings. The molecule has 2 rings (SSSR count). The lowest BCUT2D eigenvalue weighted by Gasteiger charge is -2.38. The van der Waals surface area contributed by atoms with Gasteiger partial charge in [0.2, 0.25) is 0 Å². The third-order valence-electron chi connectivity index (χ3n) is 4.53. The van der Waals surface area contributed by atoms with E-state index in [1.54, 1.807) is 0 Å². The lowest BCUT2D eigenvalue weighted by atomic mass is 9.91. The Bertz CT molecular complexity index is 241. The molecule has 1 unspecified atom stereocenters. The predicted octanol–water partition coefficient (Wildman–Crippen LogP) is 0.909. The SMILES string of the molecule is CCN1CCOC(CN(C)C2CCC(N)CC2)C1. The van der Waals surface area contributed by atoms with Crippen molar-refractivity contribution in [3.8, 4) is 0 Å². The average Bonchev–Trinajstić information content (AvgIpc) is 2.39. The monoisotopic (exact) mass is 255 g/mol. The van der Waals surface area contributed by atoms with Crippen molar-refractivity contribution in [1.82, 2.24) is 9.80 Å². The van der Waals surface area contributed by atoms with Crippen molar-refractivity contribution < 1.29 is 4.74 Å². The van der Waals surface area contributed by atoms with Crippen molar-refractivity contribution in [3.05, 3.63) is 0 Å². The molecule has 1 heterocycles. The molecule has 0 amide bonds. The van der Waals surface area contributed by atoms with Crippen molar-refractivity contribution >= 4 is 0 Å². The zero-order valence-corrected chi connectivity index (χ0v) is 12.0. The molecule has 4 nitrogen and oxygen atoms in total. The van der Waals surface area contributed by atoms with Crippen LogP contribution in [0.2, 0.25) is 0 Å². The normalized spacial score (nSPS) is 35.0. The van der Waals surface area contributed by atoms with Crippen LogP contribution >= 0.6 is 0 Å². The van der Waals surface area contributed by atoms with Crippen LogP contribution in [-0.2, 0) is 4.74 Å². The van der Waals surface area contributed by atoms with E-state index in [9.17, 15) is 0 Å². The van der Waals surface area contributed by atoms with Crippen LogP contribution in [0.1, 0.15) is 32.6 Å². The van der Waals surface area contributed by atoms with Crippen LogP contribution in [0, 0.1) is 0 Å². The molecule has 1 atom stereocenters. The number of hydrogen-bond donors (Lipinski definition) is 1. The molecule has 1 saturated heterocycles. The summed E-state index contributed by atoms with van der Waals surface area (Å²) in [4.78, 5) is 4.98. The van der Waals surface area contributed by atoms with Crippen LogP contribution in [0.25, 0.3) is 0 Å². The Balaban J connectivity index is 1.74. The molecular formula is C14H29N3O. The molecule has 0 aromatic rings. The molecule has 1 aliphatic carbocycles. The van der Waals surface area contributed by atoms with Gasteiger partial charge < -0.3 is 15.4 Å². The van der Waals surface area contributed by atoms with Crippen LogP contribution < -0.4 is 5.73 Å². The second-order valence-corrected chi connectivity index (χ2v) is 5.89. The van der Waals surface area contributed by atoms with E-state index in [2.05, 4.69) is 23.8 Å². The quantitative estimate of drug-likeness (QED) is 0.811. The van der Waals surface area contributed by atoms with Crippen molar-refractivity contribution in [3.63, 3.8) is 0 Å². The van der Waals surface area contributed by atoms with Gasteiger partial charge in [-0.3, -0.25) is 4.90 Å². The van der Waals surface area contributed by atoms with Crippen LogP contribution in [0.5, 0.6) is 0 Å². The molecule has 1 saturated carbocycles. The van der Waals surface area contributed by atoms with Gasteiger partial charge in [-0.05, 0) is 39.3 Å². The van der Waals surface area contributed by atoms with E-state index in [0.717, 1.165) is 32.8 Å². The van der Waals surface area contributed by atoms with Crippen molar-refractivity contribution in [2.45, 2.75) is 50.8 Å². The number of hydrogen-bond acceptors (Lipinski definition) is 4. The molecule has 2 aliphatic rings. The van der Waals surface area contributed by atoms with Crippen LogP contribution in [0.15, 0.2) is 0 Å². The fourth-order valence-electron chi connectivity index (χ4n) is 3.19. The smallest absolute Gasteiger partial charge is 0.0829 e. The molecule has 0 spiro atoms. The first-order valence-corrected chi connectivity index (χ1v) is 7.48. The molecule has 1 aliphatic heterocycles. The summed E-state index contributed by atoms with van der Waals surface area (Å²) >= 11 is 0. The highest BCUT2D eigenvalue weighted by Crippen LogP contribution is 2.21. The summed E-state index contributed by atoms with van der Waals surface area (Å²) < 4.78 is 5.88. The number of rotatable bonds is 4. The van der Waals surface area contributed by atoms with Gasteiger partial charge >= 0.3 is 0 Å². The van der Waals surface area contributed by atoms with E-state index in [4.69, 9.17) is 10.5 Å². The Morgan fingerprint density at radius 1 is 1.28 bits per heavy atom. The van der Waals surface area contributed by atoms with Gasteiger partial charge in [-0.25, -0.2) is 0 Å². The van der Waals surface area contributed by atoms with E-state index in [-0.39, 0.29) is 0 Å². The molecule has 4 heteroatoms. The maximum Gasteiger partial charge on any atom is 0.0829 e. The van der Waals surface area contributed by atoms with Gasteiger partial charge in [0.25, 0.3) is 0 Å². The Hall–Kier alpha value is -0.160. The van der Waals surface area contributed by atoms with Crippen LogP contribution in [0.4, 0.5) is 0 Å². The Kier molecular flexibility index (Phi) is 5.42. The first-order chi connectivity index (χ1) is 8.69. The maximum atomic E-state index is 5.97. The summed E-state index contributed by atoms with van der Waals surface area (Å²) in [6.45, 7) is 7.51. The third-order valence-corrected chi connectivity index (χ3v) is 4.53. The highest BCUT2D eigenvalue weighted by Gasteiger charge is 2.26. The Labute approximate surface area is 111 Å². The molecule has 0 aromatic carbocycles. The van der Waals surface area contributed by atoms with Gasteiger partial charge in [-0.2, -0.15) is 0 Å². The second-order valence-electron chi connectivity index (χ2n) is 5.89. The average molecular weight is 255 g/mol. The third kappa shape index (κ3) is 3.92. The van der Waals surface area contributed by atoms with Gasteiger partial charge in [-0.1, -0.05) is 6.92 Å². The van der Waals surface area contributed by atoms with Gasteiger partial charge in [0.1, 0.15) is 0 Å². The molecular weight excluding hydrogens is 226 g/mol. The Morgan fingerprint density at radius 3 is 2.67 bits per heavy atom. The standard InChI is InChI=1S/C14H29N3O/c1-3-17-8-9-18-14(11-17)10-16(2)13-6-4-12(15)5-7-13/h12-14H,3-11,15H2,1-2H3. The molecule has 0 radical (unpaired) electrons. The molecule has 2 N–H and O–H groups in total. The van der Waals surface area contributed by atoms with Gasteiger partial charge in [0.15, 0.2) is 0 Å². The predicted molar refractivity (Wildman–Crippen MR) is 74.7 cm³/mol. The minimum Gasteiger partial charge on any atom is -0.374 e. The zero-order valence-electron chi connectivity index (χ0n) is 12.0. The second kappa shape index (κ2) is 6.85. The fourth-order valence-corrected chi connectivity index (χ4v) is 3.19. The van der Waals surface area contributed by atoms with Gasteiger partial charge in [-0.15, -0.1) is 0 Å². The maximum absolute atomic E-state index is 5.97. The number of morpholine rings is 1. The first kappa shape index (κ1) is 14.3. The fraction of sp³-hybridized carbons (Fsp3) is 1.00. The summed E-state index contributed by atoms with van der Waals surface area (Å²) in [5.41, 5.74) is 5.97. The van der Waals surface area contributed by atoms with Crippen molar-refractivity contribution in [2.24, 2.45) is 5.73 Å². The molecule has 106 valence electrons. The summed E-state index contributed by atoms with van der Waals surface area (Å²) in [5.74, 6) is 0. The number of nitrogens with zero attached hydrogens (tertiary/aromatic N) is 2. The van der Waals surface area contributed by atoms with E-state index < -0.39 is 0 Å². The minimum atomic E-state index is 0.388. The first-order valence-electron chi connectivity index (χ1n) is 7.48. The molecule has 18 heavy (non-hydrogen) atoms. The van der Waals surface area contributed by atoms with E-state index in [1.807, 2.05) is 0 Å². The van der Waals surface area contributed by atoms with E-state index in [1.165, 1.54) is 25.7 Å². The lowest BCUT2D eigenvalue weighted by Crippen LogP contribution is -2.49. The number of ether oxygens (including phenoxy) is 1. The zero-order chi connectivity index (χ0) is 13.0. The van der Waals surface area contributed by atoms with E-state index >= 15 is 0 Å². The Morgan fingerprint density at radius 2 is 2.00 bits per heavy atom. The van der Waals surface area contributed by atoms with E-state index in [0.29, 0.717) is 18.2 Å². The molecule has 0 aromatic heterocycles. The number of likely N-dealkylation sites (N-methyl/N-ethyl adjacent to an activating group) is 2. The summed E-state index contributed by atoms with van der Waals surface area (Å²) in [7, 11) is 2.25. The van der Waals surface area contributed by atoms with Crippen molar-refractivity contribution in [1.29, 1.82) is 0 Å². The molecule has 0 bridgehead atoms. The van der Waals surface area contributed by atoms with Crippen molar-refractivity contribution in [2.75, 3.05) is 39.8 Å². The van der Waals surface area contributed by atoms with Crippen LogP contribution in [-0.4, -0.2) is 67.8 Å². The van der Waals surface area contributed by atoms with Gasteiger partial charge in [0.05, 0.1) is 12.7 Å².